The van der Waals surface area contributed by atoms with Crippen LogP contribution in [0.1, 0.15) is 36.9 Å². The molecule has 1 aliphatic rings. The Labute approximate surface area is 122 Å². The van der Waals surface area contributed by atoms with Gasteiger partial charge in [0.05, 0.1) is 6.04 Å². The van der Waals surface area contributed by atoms with Gasteiger partial charge in [-0.25, -0.2) is 9.18 Å². The Balaban J connectivity index is 2.03. The summed E-state index contributed by atoms with van der Waals surface area (Å²) in [6, 6.07) is 3.99. The molecule has 2 amide bonds. The Morgan fingerprint density at radius 3 is 2.67 bits per heavy atom. The lowest BCUT2D eigenvalue weighted by Gasteiger charge is -2.24. The van der Waals surface area contributed by atoms with Crippen LogP contribution in [-0.4, -0.2) is 34.6 Å². The first kappa shape index (κ1) is 15.3. The van der Waals surface area contributed by atoms with E-state index >= 15 is 0 Å². The topological polar surface area (TPSA) is 69.6 Å². The minimum absolute atomic E-state index is 0.00283. The molecule has 0 heterocycles. The van der Waals surface area contributed by atoms with Crippen molar-refractivity contribution in [2.24, 2.45) is 0 Å². The summed E-state index contributed by atoms with van der Waals surface area (Å²) in [5.41, 5.74) is 1.19. The zero-order valence-corrected chi connectivity index (χ0v) is 12.1. The molecule has 6 heteroatoms. The zero-order chi connectivity index (χ0) is 15.6. The molecular formula is C15H19FN2O3. The number of amides is 2. The van der Waals surface area contributed by atoms with Gasteiger partial charge in [0, 0.05) is 6.04 Å². The van der Waals surface area contributed by atoms with Gasteiger partial charge in [-0.15, -0.1) is 0 Å². The second-order valence-electron chi connectivity index (χ2n) is 5.43. The number of aliphatic carboxylic acids is 1. The Kier molecular flexibility index (Phi) is 4.45. The fourth-order valence-electron chi connectivity index (χ4n) is 2.13. The van der Waals surface area contributed by atoms with Crippen LogP contribution in [0.15, 0.2) is 18.2 Å². The predicted octanol–water partition coefficient (Wildman–Crippen LogP) is 2.45. The molecule has 1 aromatic carbocycles. The van der Waals surface area contributed by atoms with Gasteiger partial charge in [-0.2, -0.15) is 0 Å². The van der Waals surface area contributed by atoms with Crippen molar-refractivity contribution in [3.63, 3.8) is 0 Å². The lowest BCUT2D eigenvalue weighted by Crippen LogP contribution is -2.44. The predicted molar refractivity (Wildman–Crippen MR) is 75.4 cm³/mol. The second kappa shape index (κ2) is 6.11. The lowest BCUT2D eigenvalue weighted by atomic mass is 10.1. The van der Waals surface area contributed by atoms with Gasteiger partial charge in [0.1, 0.15) is 12.4 Å². The quantitative estimate of drug-likeness (QED) is 0.876. The van der Waals surface area contributed by atoms with E-state index in [0.29, 0.717) is 11.1 Å². The SMILES string of the molecule is Cc1ccc(C(C)NC(=O)N(CC(=O)O)C2CC2)cc1F. The third kappa shape index (κ3) is 3.93. The van der Waals surface area contributed by atoms with Crippen molar-refractivity contribution < 1.29 is 19.1 Å². The molecule has 1 saturated carbocycles. The Hall–Kier alpha value is -2.11. The second-order valence-corrected chi connectivity index (χ2v) is 5.43. The monoisotopic (exact) mass is 294 g/mol. The average Bonchev–Trinajstić information content (AvgIpc) is 3.23. The first-order chi connectivity index (χ1) is 9.88. The number of nitrogens with one attached hydrogen (secondary N) is 1. The van der Waals surface area contributed by atoms with E-state index in [-0.39, 0.29) is 24.4 Å². The molecule has 1 aliphatic carbocycles. The van der Waals surface area contributed by atoms with Crippen LogP contribution < -0.4 is 5.32 Å². The molecule has 21 heavy (non-hydrogen) atoms. The molecule has 1 aromatic rings. The molecule has 0 spiro atoms. The van der Waals surface area contributed by atoms with E-state index in [9.17, 15) is 14.0 Å². The molecule has 5 nitrogen and oxygen atoms in total. The minimum atomic E-state index is -1.04. The van der Waals surface area contributed by atoms with Gasteiger partial charge in [0.15, 0.2) is 0 Å². The number of hydrogen-bond donors (Lipinski definition) is 2. The molecule has 1 fully saturated rings. The van der Waals surface area contributed by atoms with E-state index in [1.54, 1.807) is 26.0 Å². The normalized spacial score (nSPS) is 15.4. The van der Waals surface area contributed by atoms with Crippen LogP contribution in [0, 0.1) is 12.7 Å². The number of rotatable bonds is 5. The largest absolute Gasteiger partial charge is 0.480 e. The van der Waals surface area contributed by atoms with Gasteiger partial charge in [0.2, 0.25) is 0 Å². The molecule has 0 aliphatic heterocycles. The van der Waals surface area contributed by atoms with E-state index in [0.717, 1.165) is 12.8 Å². The summed E-state index contributed by atoms with van der Waals surface area (Å²) in [4.78, 5) is 24.3. The number of aryl methyl sites for hydroxylation is 1. The third-order valence-electron chi connectivity index (χ3n) is 3.59. The molecule has 2 rings (SSSR count). The first-order valence-electron chi connectivity index (χ1n) is 6.93. The summed E-state index contributed by atoms with van der Waals surface area (Å²) < 4.78 is 13.5. The van der Waals surface area contributed by atoms with Gasteiger partial charge < -0.3 is 15.3 Å². The fourth-order valence-corrected chi connectivity index (χ4v) is 2.13. The standard InChI is InChI=1S/C15H19FN2O3/c1-9-3-4-11(7-13(9)16)10(2)17-15(21)18(8-14(19)20)12-5-6-12/h3-4,7,10,12H,5-6,8H2,1-2H3,(H,17,21)(H,19,20). The van der Waals surface area contributed by atoms with E-state index < -0.39 is 12.0 Å². The molecular weight excluding hydrogens is 275 g/mol. The summed E-state index contributed by atoms with van der Waals surface area (Å²) in [5.74, 6) is -1.36. The van der Waals surface area contributed by atoms with Crippen LogP contribution in [0.25, 0.3) is 0 Å². The number of urea groups is 1. The number of carboxylic acids is 1. The summed E-state index contributed by atoms with van der Waals surface area (Å²) in [6.07, 6.45) is 1.66. The van der Waals surface area contributed by atoms with Gasteiger partial charge >= 0.3 is 12.0 Å². The number of hydrogen-bond acceptors (Lipinski definition) is 2. The minimum Gasteiger partial charge on any atom is -0.480 e. The zero-order valence-electron chi connectivity index (χ0n) is 12.1. The van der Waals surface area contributed by atoms with Crippen molar-refractivity contribution in [1.82, 2.24) is 10.2 Å². The highest BCUT2D eigenvalue weighted by Gasteiger charge is 2.34. The molecule has 2 N–H and O–H groups in total. The number of halogens is 1. The molecule has 1 unspecified atom stereocenters. The lowest BCUT2D eigenvalue weighted by molar-refractivity contribution is -0.137. The first-order valence-corrected chi connectivity index (χ1v) is 6.93. The maximum absolute atomic E-state index is 13.5. The smallest absolute Gasteiger partial charge is 0.323 e. The maximum Gasteiger partial charge on any atom is 0.323 e. The summed E-state index contributed by atoms with van der Waals surface area (Å²) in [5, 5.41) is 11.6. The number of nitrogens with zero attached hydrogens (tertiary/aromatic N) is 1. The highest BCUT2D eigenvalue weighted by Crippen LogP contribution is 2.27. The molecule has 0 aromatic heterocycles. The average molecular weight is 294 g/mol. The molecule has 0 saturated heterocycles. The number of carbonyl (C=O) groups is 2. The van der Waals surface area contributed by atoms with E-state index in [4.69, 9.17) is 5.11 Å². The maximum atomic E-state index is 13.5. The Morgan fingerprint density at radius 2 is 2.14 bits per heavy atom. The van der Waals surface area contributed by atoms with Crippen LogP contribution in [0.2, 0.25) is 0 Å². The van der Waals surface area contributed by atoms with Crippen molar-refractivity contribution in [3.05, 3.63) is 35.1 Å². The van der Waals surface area contributed by atoms with E-state index in [1.807, 2.05) is 0 Å². The highest BCUT2D eigenvalue weighted by atomic mass is 19.1. The molecule has 114 valence electrons. The van der Waals surface area contributed by atoms with E-state index in [1.165, 1.54) is 11.0 Å². The fraction of sp³-hybridized carbons (Fsp3) is 0.467. The molecule has 1 atom stereocenters. The summed E-state index contributed by atoms with van der Waals surface area (Å²) in [6.45, 7) is 3.10. The van der Waals surface area contributed by atoms with Crippen molar-refractivity contribution in [2.45, 2.75) is 38.8 Å². The summed E-state index contributed by atoms with van der Waals surface area (Å²) in [7, 11) is 0. The van der Waals surface area contributed by atoms with Crippen LogP contribution >= 0.6 is 0 Å². The van der Waals surface area contributed by atoms with Crippen LogP contribution in [-0.2, 0) is 4.79 Å². The van der Waals surface area contributed by atoms with Crippen LogP contribution in [0.5, 0.6) is 0 Å². The van der Waals surface area contributed by atoms with Crippen LogP contribution in [0.4, 0.5) is 9.18 Å². The number of carbonyl (C=O) groups excluding carboxylic acids is 1. The Bertz CT molecular complexity index is 558. The van der Waals surface area contributed by atoms with Crippen molar-refractivity contribution in [2.75, 3.05) is 6.54 Å². The molecule has 0 radical (unpaired) electrons. The number of carboxylic acid groups (broad SMARTS) is 1. The van der Waals surface area contributed by atoms with Gasteiger partial charge in [-0.3, -0.25) is 4.79 Å². The van der Waals surface area contributed by atoms with Gasteiger partial charge in [0.25, 0.3) is 0 Å². The van der Waals surface area contributed by atoms with Crippen molar-refractivity contribution >= 4 is 12.0 Å². The Morgan fingerprint density at radius 1 is 1.48 bits per heavy atom. The van der Waals surface area contributed by atoms with Crippen molar-refractivity contribution in [1.29, 1.82) is 0 Å². The van der Waals surface area contributed by atoms with Crippen molar-refractivity contribution in [3.8, 4) is 0 Å². The van der Waals surface area contributed by atoms with E-state index in [2.05, 4.69) is 5.32 Å². The summed E-state index contributed by atoms with van der Waals surface area (Å²) >= 11 is 0. The van der Waals surface area contributed by atoms with Gasteiger partial charge in [-0.05, 0) is 43.9 Å². The van der Waals surface area contributed by atoms with Crippen LogP contribution in [0.3, 0.4) is 0 Å². The third-order valence-corrected chi connectivity index (χ3v) is 3.59. The number of benzene rings is 1. The van der Waals surface area contributed by atoms with Gasteiger partial charge in [-0.1, -0.05) is 12.1 Å². The molecule has 0 bridgehead atoms. The highest BCUT2D eigenvalue weighted by molar-refractivity contribution is 5.81.